The van der Waals surface area contributed by atoms with Crippen molar-refractivity contribution in [3.05, 3.63) is 45.7 Å². The molecule has 0 radical (unpaired) electrons. The molecule has 3 aromatic heterocycles. The van der Waals surface area contributed by atoms with Gasteiger partial charge in [0, 0.05) is 11.1 Å². The summed E-state index contributed by atoms with van der Waals surface area (Å²) >= 11 is 1.66. The molecule has 3 heterocycles. The monoisotopic (exact) mass is 283 g/mol. The number of nitrogens with one attached hydrogen (secondary N) is 1. The Morgan fingerprint density at radius 3 is 2.90 bits per heavy atom. The molecule has 1 N–H and O–H groups in total. The number of nitriles is 1. The number of hydrogen-bond acceptors (Lipinski definition) is 5. The minimum absolute atomic E-state index is 0.527. The van der Waals surface area contributed by atoms with E-state index in [9.17, 15) is 5.26 Å². The van der Waals surface area contributed by atoms with Crippen LogP contribution < -0.4 is 5.32 Å². The summed E-state index contributed by atoms with van der Waals surface area (Å²) in [4.78, 5) is 10.0. The van der Waals surface area contributed by atoms with E-state index in [1.54, 1.807) is 15.7 Å². The number of pyridine rings is 1. The van der Waals surface area contributed by atoms with Crippen LogP contribution in [-0.4, -0.2) is 14.4 Å². The normalized spacial score (nSPS) is 10.7. The number of aromatic nitrogens is 3. The second kappa shape index (κ2) is 4.94. The van der Waals surface area contributed by atoms with Crippen molar-refractivity contribution in [3.8, 4) is 6.07 Å². The third kappa shape index (κ3) is 2.12. The van der Waals surface area contributed by atoms with Gasteiger partial charge in [-0.2, -0.15) is 5.26 Å². The summed E-state index contributed by atoms with van der Waals surface area (Å²) < 4.78 is 1.78. The Bertz CT molecular complexity index is 809. The van der Waals surface area contributed by atoms with Crippen molar-refractivity contribution < 1.29 is 0 Å². The summed E-state index contributed by atoms with van der Waals surface area (Å²) in [5, 5.41) is 13.6. The maximum atomic E-state index is 9.30. The minimum atomic E-state index is 0.527. The molecular weight excluding hydrogens is 270 g/mol. The molecule has 100 valence electrons. The summed E-state index contributed by atoms with van der Waals surface area (Å²) in [6.07, 6.45) is 1.84. The molecule has 0 fully saturated rings. The van der Waals surface area contributed by atoms with Gasteiger partial charge in [0.25, 0.3) is 0 Å². The first-order valence-electron chi connectivity index (χ1n) is 6.23. The second-order valence-corrected chi connectivity index (χ2v) is 5.73. The van der Waals surface area contributed by atoms with Crippen LogP contribution in [0, 0.1) is 25.2 Å². The Morgan fingerprint density at radius 1 is 1.35 bits per heavy atom. The number of fused-ring (bicyclic) bond motifs is 1. The van der Waals surface area contributed by atoms with E-state index in [0.29, 0.717) is 18.1 Å². The molecular formula is C14H13N5S. The number of imidazole rings is 1. The number of rotatable bonds is 3. The summed E-state index contributed by atoms with van der Waals surface area (Å²) in [6.45, 7) is 4.62. The number of anilines is 1. The predicted octanol–water partition coefficient (Wildman–Crippen LogP) is 2.89. The van der Waals surface area contributed by atoms with E-state index in [1.807, 2.05) is 38.2 Å². The van der Waals surface area contributed by atoms with E-state index in [0.717, 1.165) is 16.3 Å². The number of aryl methyl sites for hydroxylation is 2. The standard InChI is InChI=1S/C14H13N5S/c1-9-12(20-10(2)17-9)8-16-14-11(7-15)19-6-4-3-5-13(19)18-14/h3-6,16H,8H2,1-2H3. The van der Waals surface area contributed by atoms with Crippen LogP contribution in [0.3, 0.4) is 0 Å². The molecule has 0 saturated heterocycles. The van der Waals surface area contributed by atoms with Crippen molar-refractivity contribution in [3.63, 3.8) is 0 Å². The molecule has 3 aromatic rings. The van der Waals surface area contributed by atoms with Crippen LogP contribution in [0.1, 0.15) is 21.3 Å². The van der Waals surface area contributed by atoms with E-state index < -0.39 is 0 Å². The Balaban J connectivity index is 1.91. The molecule has 5 nitrogen and oxygen atoms in total. The SMILES string of the molecule is Cc1nc(C)c(CNc2nc3ccccn3c2C#N)s1. The number of nitrogens with zero attached hydrogens (tertiary/aromatic N) is 4. The van der Waals surface area contributed by atoms with Crippen LogP contribution in [0.25, 0.3) is 5.65 Å². The molecule has 0 unspecified atom stereocenters. The lowest BCUT2D eigenvalue weighted by Gasteiger charge is -2.01. The van der Waals surface area contributed by atoms with Gasteiger partial charge in [-0.15, -0.1) is 11.3 Å². The highest BCUT2D eigenvalue weighted by molar-refractivity contribution is 7.11. The van der Waals surface area contributed by atoms with Crippen LogP contribution in [-0.2, 0) is 6.54 Å². The molecule has 0 aromatic carbocycles. The van der Waals surface area contributed by atoms with E-state index in [-0.39, 0.29) is 0 Å². The first-order chi connectivity index (χ1) is 9.69. The molecule has 0 spiro atoms. The average molecular weight is 283 g/mol. The van der Waals surface area contributed by atoms with Crippen LogP contribution >= 0.6 is 11.3 Å². The fourth-order valence-electron chi connectivity index (χ4n) is 2.13. The maximum absolute atomic E-state index is 9.30. The van der Waals surface area contributed by atoms with E-state index in [1.165, 1.54) is 4.88 Å². The lowest BCUT2D eigenvalue weighted by Crippen LogP contribution is -2.01. The first kappa shape index (κ1) is 12.6. The predicted molar refractivity (Wildman–Crippen MR) is 78.8 cm³/mol. The number of thiazole rings is 1. The molecule has 0 amide bonds. The molecule has 3 rings (SSSR count). The molecule has 0 aliphatic heterocycles. The Hall–Kier alpha value is -2.39. The highest BCUT2D eigenvalue weighted by Gasteiger charge is 2.12. The molecule has 0 saturated carbocycles. The zero-order valence-electron chi connectivity index (χ0n) is 11.2. The van der Waals surface area contributed by atoms with Crippen LogP contribution in [0.15, 0.2) is 24.4 Å². The van der Waals surface area contributed by atoms with Gasteiger partial charge in [-0.25, -0.2) is 9.97 Å². The van der Waals surface area contributed by atoms with Gasteiger partial charge in [-0.3, -0.25) is 4.40 Å². The van der Waals surface area contributed by atoms with Gasteiger partial charge in [-0.1, -0.05) is 6.07 Å². The maximum Gasteiger partial charge on any atom is 0.168 e. The van der Waals surface area contributed by atoms with Gasteiger partial charge in [-0.05, 0) is 26.0 Å². The van der Waals surface area contributed by atoms with Crippen molar-refractivity contribution in [1.82, 2.24) is 14.4 Å². The molecule has 0 bridgehead atoms. The molecule has 20 heavy (non-hydrogen) atoms. The smallest absolute Gasteiger partial charge is 0.168 e. The highest BCUT2D eigenvalue weighted by Crippen LogP contribution is 2.21. The van der Waals surface area contributed by atoms with Crippen molar-refractivity contribution in [1.29, 1.82) is 5.26 Å². The molecule has 0 aliphatic rings. The van der Waals surface area contributed by atoms with Crippen LogP contribution in [0.5, 0.6) is 0 Å². The summed E-state index contributed by atoms with van der Waals surface area (Å²) in [5.41, 5.74) is 2.32. The molecule has 0 atom stereocenters. The first-order valence-corrected chi connectivity index (χ1v) is 7.04. The Labute approximate surface area is 120 Å². The Kier molecular flexibility index (Phi) is 3.12. The van der Waals surface area contributed by atoms with Gasteiger partial charge >= 0.3 is 0 Å². The quantitative estimate of drug-likeness (QED) is 0.802. The zero-order valence-corrected chi connectivity index (χ0v) is 12.0. The topological polar surface area (TPSA) is 66.0 Å². The van der Waals surface area contributed by atoms with Gasteiger partial charge < -0.3 is 5.32 Å². The molecule has 6 heteroatoms. The lowest BCUT2D eigenvalue weighted by molar-refractivity contribution is 1.09. The lowest BCUT2D eigenvalue weighted by atomic mass is 10.4. The third-order valence-electron chi connectivity index (χ3n) is 3.05. The summed E-state index contributed by atoms with van der Waals surface area (Å²) in [6, 6.07) is 7.88. The number of hydrogen-bond donors (Lipinski definition) is 1. The zero-order chi connectivity index (χ0) is 14.1. The van der Waals surface area contributed by atoms with E-state index in [2.05, 4.69) is 21.4 Å². The van der Waals surface area contributed by atoms with E-state index >= 15 is 0 Å². The Morgan fingerprint density at radius 2 is 2.20 bits per heavy atom. The fourth-order valence-corrected chi connectivity index (χ4v) is 3.00. The van der Waals surface area contributed by atoms with Gasteiger partial charge in [0.15, 0.2) is 11.5 Å². The summed E-state index contributed by atoms with van der Waals surface area (Å²) in [7, 11) is 0. The molecule has 0 aliphatic carbocycles. The fraction of sp³-hybridized carbons (Fsp3) is 0.214. The van der Waals surface area contributed by atoms with Crippen molar-refractivity contribution >= 4 is 22.8 Å². The van der Waals surface area contributed by atoms with E-state index in [4.69, 9.17) is 0 Å². The van der Waals surface area contributed by atoms with Gasteiger partial charge in [0.1, 0.15) is 11.7 Å². The average Bonchev–Trinajstić information content (AvgIpc) is 2.95. The van der Waals surface area contributed by atoms with Crippen LogP contribution in [0.2, 0.25) is 0 Å². The highest BCUT2D eigenvalue weighted by atomic mass is 32.1. The summed E-state index contributed by atoms with van der Waals surface area (Å²) in [5.74, 6) is 0.615. The third-order valence-corrected chi connectivity index (χ3v) is 4.12. The van der Waals surface area contributed by atoms with Crippen molar-refractivity contribution in [2.75, 3.05) is 5.32 Å². The minimum Gasteiger partial charge on any atom is -0.363 e. The van der Waals surface area contributed by atoms with Crippen molar-refractivity contribution in [2.45, 2.75) is 20.4 Å². The van der Waals surface area contributed by atoms with Gasteiger partial charge in [0.2, 0.25) is 0 Å². The van der Waals surface area contributed by atoms with Crippen LogP contribution in [0.4, 0.5) is 5.82 Å². The van der Waals surface area contributed by atoms with Crippen molar-refractivity contribution in [2.24, 2.45) is 0 Å². The largest absolute Gasteiger partial charge is 0.363 e. The van der Waals surface area contributed by atoms with Gasteiger partial charge in [0.05, 0.1) is 17.2 Å². The second-order valence-electron chi connectivity index (χ2n) is 4.44.